The summed E-state index contributed by atoms with van der Waals surface area (Å²) in [4.78, 5) is 15.0. The summed E-state index contributed by atoms with van der Waals surface area (Å²) in [5.41, 5.74) is 0.0437. The van der Waals surface area contributed by atoms with Gasteiger partial charge in [0.1, 0.15) is 23.5 Å². The van der Waals surface area contributed by atoms with Gasteiger partial charge in [-0.2, -0.15) is 0 Å². The molecule has 1 spiro atoms. The van der Waals surface area contributed by atoms with E-state index in [1.54, 1.807) is 0 Å². The molecule has 2 aromatic rings. The van der Waals surface area contributed by atoms with E-state index < -0.39 is 47.8 Å². The average Bonchev–Trinajstić information content (AvgIpc) is 2.80. The van der Waals surface area contributed by atoms with Gasteiger partial charge >= 0.3 is 0 Å². The number of alkyl halides is 2. The van der Waals surface area contributed by atoms with Gasteiger partial charge in [0.15, 0.2) is 0 Å². The largest absolute Gasteiger partial charge is 0.345 e. The van der Waals surface area contributed by atoms with Crippen LogP contribution in [0.25, 0.3) is 11.1 Å². The van der Waals surface area contributed by atoms with Crippen LogP contribution in [0.4, 0.5) is 22.0 Å². The fourth-order valence-corrected chi connectivity index (χ4v) is 5.98. The Kier molecular flexibility index (Phi) is 6.80. The first-order chi connectivity index (χ1) is 17.2. The SMILES string of the molecule is O=C(Cc1cccc(-c2cc(F)cc(F)c2)c1F)N[C@@H]1[C@@H](N2CCC3(CCN3)CC2)CCCC1(F)F. The van der Waals surface area contributed by atoms with Crippen molar-refractivity contribution in [3.05, 3.63) is 59.4 Å². The predicted molar refractivity (Wildman–Crippen MR) is 126 cm³/mol. The molecule has 1 aliphatic carbocycles. The highest BCUT2D eigenvalue weighted by atomic mass is 19.3. The number of rotatable bonds is 5. The Morgan fingerprint density at radius 3 is 2.36 bits per heavy atom. The number of carbonyl (C=O) groups excluding carboxylic acids is 1. The third kappa shape index (κ3) is 5.00. The number of hydrogen-bond donors (Lipinski definition) is 2. The van der Waals surface area contributed by atoms with Crippen LogP contribution in [0.1, 0.15) is 44.1 Å². The third-order valence-corrected chi connectivity index (χ3v) is 8.10. The van der Waals surface area contributed by atoms with Gasteiger partial charge in [-0.1, -0.05) is 18.2 Å². The van der Waals surface area contributed by atoms with Crippen LogP contribution in [-0.4, -0.2) is 54.0 Å². The molecule has 194 valence electrons. The van der Waals surface area contributed by atoms with E-state index in [4.69, 9.17) is 0 Å². The Hall–Kier alpha value is -2.52. The van der Waals surface area contributed by atoms with Crippen LogP contribution in [0.5, 0.6) is 0 Å². The number of nitrogens with one attached hydrogen (secondary N) is 2. The standard InChI is InChI=1S/C27H30F5N3O/c28-19-13-18(14-20(29)16-19)21-4-1-3-17(24(21)30)15-23(36)34-25-22(5-2-6-27(25,31)32)35-11-8-26(9-12-35)7-10-33-26/h1,3-4,13-14,16,22,25,33H,2,5-12,15H2,(H,34,36)/t22-,25+/m0/s1. The van der Waals surface area contributed by atoms with Crippen molar-refractivity contribution >= 4 is 5.91 Å². The topological polar surface area (TPSA) is 44.4 Å². The molecule has 3 fully saturated rings. The molecule has 2 aromatic carbocycles. The number of benzene rings is 2. The highest BCUT2D eigenvalue weighted by Gasteiger charge is 2.51. The van der Waals surface area contributed by atoms with Gasteiger partial charge < -0.3 is 10.6 Å². The number of hydrogen-bond acceptors (Lipinski definition) is 3. The van der Waals surface area contributed by atoms with Gasteiger partial charge in [0.05, 0.1) is 6.42 Å². The second-order valence-corrected chi connectivity index (χ2v) is 10.4. The molecule has 4 nitrogen and oxygen atoms in total. The predicted octanol–water partition coefficient (Wildman–Crippen LogP) is 4.81. The molecule has 0 unspecified atom stereocenters. The van der Waals surface area contributed by atoms with E-state index in [0.29, 0.717) is 32.0 Å². The summed E-state index contributed by atoms with van der Waals surface area (Å²) in [5.74, 6) is -6.28. The Morgan fingerprint density at radius 2 is 1.72 bits per heavy atom. The number of nitrogens with zero attached hydrogens (tertiary/aromatic N) is 1. The molecule has 0 bridgehead atoms. The average molecular weight is 508 g/mol. The molecule has 2 atom stereocenters. The van der Waals surface area contributed by atoms with Crippen molar-refractivity contribution in [1.82, 2.24) is 15.5 Å². The van der Waals surface area contributed by atoms with E-state index in [9.17, 15) is 13.6 Å². The molecule has 0 radical (unpaired) electrons. The highest BCUT2D eigenvalue weighted by molar-refractivity contribution is 5.80. The number of likely N-dealkylation sites (tertiary alicyclic amines) is 1. The molecule has 1 amide bonds. The molecule has 36 heavy (non-hydrogen) atoms. The maximum absolute atomic E-state index is 15.2. The molecule has 3 aliphatic rings. The molecule has 2 heterocycles. The smallest absolute Gasteiger partial charge is 0.269 e. The number of amides is 1. The minimum atomic E-state index is -3.07. The summed E-state index contributed by atoms with van der Waals surface area (Å²) in [6.45, 7) is 2.38. The molecule has 2 aliphatic heterocycles. The van der Waals surface area contributed by atoms with E-state index in [1.807, 2.05) is 0 Å². The van der Waals surface area contributed by atoms with Gasteiger partial charge in [0.25, 0.3) is 5.92 Å². The highest BCUT2D eigenvalue weighted by Crippen LogP contribution is 2.39. The fraction of sp³-hybridized carbons (Fsp3) is 0.519. The lowest BCUT2D eigenvalue weighted by Crippen LogP contribution is -2.67. The Labute approximate surface area is 207 Å². The summed E-state index contributed by atoms with van der Waals surface area (Å²) in [5, 5.41) is 6.00. The summed E-state index contributed by atoms with van der Waals surface area (Å²) < 4.78 is 72.6. The Bertz CT molecular complexity index is 1110. The van der Waals surface area contributed by atoms with Crippen LogP contribution in [-0.2, 0) is 11.2 Å². The van der Waals surface area contributed by atoms with Crippen LogP contribution >= 0.6 is 0 Å². The van der Waals surface area contributed by atoms with Gasteiger partial charge in [-0.3, -0.25) is 9.69 Å². The fourth-order valence-electron chi connectivity index (χ4n) is 5.98. The van der Waals surface area contributed by atoms with Gasteiger partial charge in [0.2, 0.25) is 5.91 Å². The zero-order valence-electron chi connectivity index (χ0n) is 19.9. The van der Waals surface area contributed by atoms with Gasteiger partial charge in [-0.05, 0) is 61.9 Å². The van der Waals surface area contributed by atoms with Gasteiger partial charge in [-0.25, -0.2) is 22.0 Å². The van der Waals surface area contributed by atoms with Crippen molar-refractivity contribution in [3.8, 4) is 11.1 Å². The lowest BCUT2D eigenvalue weighted by molar-refractivity contribution is -0.133. The van der Waals surface area contributed by atoms with E-state index in [1.165, 1.54) is 18.2 Å². The number of piperidine rings is 1. The maximum atomic E-state index is 15.2. The first-order valence-electron chi connectivity index (χ1n) is 12.6. The molecule has 2 N–H and O–H groups in total. The lowest BCUT2D eigenvalue weighted by Gasteiger charge is -2.52. The van der Waals surface area contributed by atoms with Crippen LogP contribution in [0, 0.1) is 17.5 Å². The summed E-state index contributed by atoms with van der Waals surface area (Å²) in [6.07, 6.45) is 3.09. The Morgan fingerprint density at radius 1 is 1.03 bits per heavy atom. The van der Waals surface area contributed by atoms with Crippen LogP contribution in [0.15, 0.2) is 36.4 Å². The molecular formula is C27H30F5N3O. The quantitative estimate of drug-likeness (QED) is 0.571. The van der Waals surface area contributed by atoms with Crippen molar-refractivity contribution in [2.24, 2.45) is 0 Å². The van der Waals surface area contributed by atoms with Crippen molar-refractivity contribution in [2.45, 2.75) is 68.5 Å². The zero-order chi connectivity index (χ0) is 25.5. The molecule has 9 heteroatoms. The van der Waals surface area contributed by atoms with Crippen LogP contribution in [0.2, 0.25) is 0 Å². The summed E-state index contributed by atoms with van der Waals surface area (Å²) >= 11 is 0. The number of halogens is 5. The second kappa shape index (κ2) is 9.74. The third-order valence-electron chi connectivity index (χ3n) is 8.10. The van der Waals surface area contributed by atoms with Gasteiger partial charge in [-0.15, -0.1) is 0 Å². The van der Waals surface area contributed by atoms with Crippen molar-refractivity contribution < 1.29 is 26.7 Å². The van der Waals surface area contributed by atoms with E-state index in [0.717, 1.165) is 37.9 Å². The Balaban J connectivity index is 1.31. The lowest BCUT2D eigenvalue weighted by atomic mass is 9.77. The van der Waals surface area contributed by atoms with E-state index >= 15 is 13.2 Å². The minimum Gasteiger partial charge on any atom is -0.345 e. The molecule has 2 saturated heterocycles. The van der Waals surface area contributed by atoms with Crippen LogP contribution < -0.4 is 10.6 Å². The first-order valence-corrected chi connectivity index (χ1v) is 12.6. The van der Waals surface area contributed by atoms with Crippen molar-refractivity contribution in [2.75, 3.05) is 19.6 Å². The second-order valence-electron chi connectivity index (χ2n) is 10.4. The van der Waals surface area contributed by atoms with Crippen molar-refractivity contribution in [3.63, 3.8) is 0 Å². The molecule has 0 aromatic heterocycles. The van der Waals surface area contributed by atoms with Gasteiger partial charge in [0, 0.05) is 42.7 Å². The van der Waals surface area contributed by atoms with E-state index in [-0.39, 0.29) is 28.7 Å². The monoisotopic (exact) mass is 507 g/mol. The number of carbonyl (C=O) groups is 1. The first kappa shape index (κ1) is 25.1. The maximum Gasteiger partial charge on any atom is 0.269 e. The van der Waals surface area contributed by atoms with Crippen LogP contribution in [0.3, 0.4) is 0 Å². The molecule has 5 rings (SSSR count). The zero-order valence-corrected chi connectivity index (χ0v) is 19.9. The van der Waals surface area contributed by atoms with Crippen molar-refractivity contribution in [1.29, 1.82) is 0 Å². The van der Waals surface area contributed by atoms with E-state index in [2.05, 4.69) is 15.5 Å². The normalized spacial score (nSPS) is 25.4. The molecular weight excluding hydrogens is 477 g/mol. The summed E-state index contributed by atoms with van der Waals surface area (Å²) in [7, 11) is 0. The summed E-state index contributed by atoms with van der Waals surface area (Å²) in [6, 6.07) is 5.05. The minimum absolute atomic E-state index is 0.00467. The molecule has 1 saturated carbocycles.